The normalized spacial score (nSPS) is 11.2. The molecule has 0 spiro atoms. The lowest BCUT2D eigenvalue weighted by Gasteiger charge is -2.00. The minimum absolute atomic E-state index is 0.988. The molecule has 4 aromatic rings. The second-order valence-electron chi connectivity index (χ2n) is 5.03. The number of pyridine rings is 2. The number of hydrogen-bond acceptors (Lipinski definition) is 6. The summed E-state index contributed by atoms with van der Waals surface area (Å²) >= 11 is 3.26. The van der Waals surface area contributed by atoms with Crippen LogP contribution in [0.15, 0.2) is 36.9 Å². The molecule has 0 fully saturated rings. The topological polar surface area (TPSA) is 51.6 Å². The Labute approximate surface area is 135 Å². The van der Waals surface area contributed by atoms with Crippen molar-refractivity contribution in [1.29, 1.82) is 0 Å². The average molecular weight is 324 g/mol. The Bertz CT molecular complexity index is 865. The molecule has 0 unspecified atom stereocenters. The molecule has 4 aromatic heterocycles. The third-order valence-electron chi connectivity index (χ3n) is 3.48. The lowest BCUT2D eigenvalue weighted by atomic mass is 10.2. The highest BCUT2D eigenvalue weighted by atomic mass is 32.1. The van der Waals surface area contributed by atoms with Gasteiger partial charge in [-0.1, -0.05) is 22.7 Å². The highest BCUT2D eigenvalue weighted by Gasteiger charge is 2.14. The maximum atomic E-state index is 4.75. The summed E-state index contributed by atoms with van der Waals surface area (Å²) < 4.78 is 0. The molecule has 22 heavy (non-hydrogen) atoms. The van der Waals surface area contributed by atoms with Gasteiger partial charge in [-0.3, -0.25) is 9.97 Å². The van der Waals surface area contributed by atoms with Gasteiger partial charge in [0, 0.05) is 35.9 Å². The predicted molar refractivity (Wildman–Crippen MR) is 91.2 cm³/mol. The van der Waals surface area contributed by atoms with E-state index in [0.29, 0.717) is 0 Å². The number of aromatic nitrogens is 4. The van der Waals surface area contributed by atoms with Crippen LogP contribution < -0.4 is 0 Å². The zero-order valence-electron chi connectivity index (χ0n) is 12.1. The van der Waals surface area contributed by atoms with Crippen molar-refractivity contribution in [2.75, 3.05) is 0 Å². The quantitative estimate of drug-likeness (QED) is 0.545. The van der Waals surface area contributed by atoms with E-state index < -0.39 is 0 Å². The maximum Gasteiger partial charge on any atom is 0.155 e. The van der Waals surface area contributed by atoms with Crippen LogP contribution in [0.1, 0.15) is 11.1 Å². The molecule has 6 heteroatoms. The largest absolute Gasteiger partial charge is 0.264 e. The molecule has 0 saturated heterocycles. The molecule has 0 N–H and O–H groups in total. The minimum Gasteiger partial charge on any atom is -0.264 e. The van der Waals surface area contributed by atoms with Gasteiger partial charge < -0.3 is 0 Å². The minimum atomic E-state index is 0.988. The van der Waals surface area contributed by atoms with E-state index >= 15 is 0 Å². The van der Waals surface area contributed by atoms with E-state index in [1.807, 2.05) is 24.5 Å². The van der Waals surface area contributed by atoms with Crippen LogP contribution in [0.5, 0.6) is 0 Å². The summed E-state index contributed by atoms with van der Waals surface area (Å²) in [5.74, 6) is 0. The third-order valence-corrected chi connectivity index (χ3v) is 5.57. The average Bonchev–Trinajstić information content (AvgIpc) is 3.06. The molecule has 0 amide bonds. The summed E-state index contributed by atoms with van der Waals surface area (Å²) in [7, 11) is 0. The van der Waals surface area contributed by atoms with Crippen LogP contribution in [0.25, 0.3) is 30.8 Å². The van der Waals surface area contributed by atoms with Crippen molar-refractivity contribution >= 4 is 32.3 Å². The Hall–Kier alpha value is -2.18. The SMILES string of the molecule is Cc1cnccc1-c1nc2sc(-c3ccncc3C)nc2s1. The number of aryl methyl sites for hydroxylation is 2. The summed E-state index contributed by atoms with van der Waals surface area (Å²) in [6, 6.07) is 4.01. The Morgan fingerprint density at radius 2 is 1.18 bits per heavy atom. The fraction of sp³-hybridized carbons (Fsp3) is 0.125. The van der Waals surface area contributed by atoms with Gasteiger partial charge in [-0.15, -0.1) is 0 Å². The van der Waals surface area contributed by atoms with Crippen LogP contribution in [0.2, 0.25) is 0 Å². The molecule has 4 nitrogen and oxygen atoms in total. The zero-order chi connectivity index (χ0) is 15.1. The molecule has 108 valence electrons. The van der Waals surface area contributed by atoms with Gasteiger partial charge in [0.25, 0.3) is 0 Å². The highest BCUT2D eigenvalue weighted by molar-refractivity contribution is 7.29. The van der Waals surface area contributed by atoms with E-state index in [4.69, 9.17) is 9.97 Å². The van der Waals surface area contributed by atoms with Crippen LogP contribution in [0.3, 0.4) is 0 Å². The first-order valence-corrected chi connectivity index (χ1v) is 8.45. The monoisotopic (exact) mass is 324 g/mol. The molecular formula is C16H12N4S2. The molecule has 0 bridgehead atoms. The lowest BCUT2D eigenvalue weighted by Crippen LogP contribution is -1.83. The first kappa shape index (κ1) is 13.5. The molecule has 0 aromatic carbocycles. The summed E-state index contributed by atoms with van der Waals surface area (Å²) in [6.45, 7) is 4.11. The van der Waals surface area contributed by atoms with Crippen molar-refractivity contribution in [3.63, 3.8) is 0 Å². The molecule has 4 heterocycles. The molecule has 0 radical (unpaired) electrons. The van der Waals surface area contributed by atoms with Gasteiger partial charge in [0.15, 0.2) is 9.66 Å². The van der Waals surface area contributed by atoms with Crippen molar-refractivity contribution in [3.8, 4) is 21.1 Å². The van der Waals surface area contributed by atoms with E-state index in [1.54, 1.807) is 35.1 Å². The van der Waals surface area contributed by atoms with Gasteiger partial charge in [-0.25, -0.2) is 9.97 Å². The number of thiazole rings is 2. The molecular weight excluding hydrogens is 312 g/mol. The van der Waals surface area contributed by atoms with Crippen molar-refractivity contribution in [2.45, 2.75) is 13.8 Å². The first-order chi connectivity index (χ1) is 10.7. The molecule has 4 rings (SSSR count). The summed E-state index contributed by atoms with van der Waals surface area (Å²) in [5, 5.41) is 2.01. The van der Waals surface area contributed by atoms with Crippen molar-refractivity contribution in [1.82, 2.24) is 19.9 Å². The number of rotatable bonds is 2. The zero-order valence-corrected chi connectivity index (χ0v) is 13.7. The molecule has 0 atom stereocenters. The van der Waals surface area contributed by atoms with Gasteiger partial charge in [-0.2, -0.15) is 0 Å². The molecule has 0 aliphatic carbocycles. The van der Waals surface area contributed by atoms with Crippen LogP contribution in [0.4, 0.5) is 0 Å². The highest BCUT2D eigenvalue weighted by Crippen LogP contribution is 2.37. The molecule has 0 aliphatic heterocycles. The summed E-state index contributed by atoms with van der Waals surface area (Å²) in [5.41, 5.74) is 4.53. The fourth-order valence-corrected chi connectivity index (χ4v) is 4.52. The number of fused-ring (bicyclic) bond motifs is 1. The van der Waals surface area contributed by atoms with Crippen molar-refractivity contribution in [3.05, 3.63) is 48.0 Å². The Morgan fingerprint density at radius 1 is 0.727 bits per heavy atom. The smallest absolute Gasteiger partial charge is 0.155 e. The van der Waals surface area contributed by atoms with Gasteiger partial charge >= 0.3 is 0 Å². The predicted octanol–water partition coefficient (Wildman–Crippen LogP) is 4.49. The Morgan fingerprint density at radius 3 is 1.59 bits per heavy atom. The maximum absolute atomic E-state index is 4.75. The molecule has 0 aliphatic rings. The van der Waals surface area contributed by atoms with E-state index in [2.05, 4.69) is 23.8 Å². The lowest BCUT2D eigenvalue weighted by molar-refractivity contribution is 1.26. The van der Waals surface area contributed by atoms with E-state index in [-0.39, 0.29) is 0 Å². The van der Waals surface area contributed by atoms with E-state index in [9.17, 15) is 0 Å². The van der Waals surface area contributed by atoms with E-state index in [0.717, 1.165) is 41.9 Å². The number of nitrogens with zero attached hydrogens (tertiary/aromatic N) is 4. The Kier molecular flexibility index (Phi) is 3.20. The van der Waals surface area contributed by atoms with Gasteiger partial charge in [-0.05, 0) is 37.1 Å². The second kappa shape index (κ2) is 5.23. The molecule has 0 saturated carbocycles. The van der Waals surface area contributed by atoms with E-state index in [1.165, 1.54) is 0 Å². The van der Waals surface area contributed by atoms with Gasteiger partial charge in [0.2, 0.25) is 0 Å². The van der Waals surface area contributed by atoms with Gasteiger partial charge in [0.05, 0.1) is 0 Å². The van der Waals surface area contributed by atoms with Crippen LogP contribution in [0, 0.1) is 13.8 Å². The summed E-state index contributed by atoms with van der Waals surface area (Å²) in [6.07, 6.45) is 7.34. The van der Waals surface area contributed by atoms with Crippen molar-refractivity contribution in [2.24, 2.45) is 0 Å². The third kappa shape index (κ3) is 2.20. The first-order valence-electron chi connectivity index (χ1n) is 6.82. The van der Waals surface area contributed by atoms with Crippen LogP contribution >= 0.6 is 22.7 Å². The second-order valence-corrected chi connectivity index (χ2v) is 6.98. The van der Waals surface area contributed by atoms with Crippen molar-refractivity contribution < 1.29 is 0 Å². The summed E-state index contributed by atoms with van der Waals surface area (Å²) in [4.78, 5) is 19.7. The van der Waals surface area contributed by atoms with Crippen LogP contribution in [-0.2, 0) is 0 Å². The van der Waals surface area contributed by atoms with Gasteiger partial charge in [0.1, 0.15) is 10.0 Å². The number of hydrogen-bond donors (Lipinski definition) is 0. The Balaban J connectivity index is 1.81. The standard InChI is InChI=1S/C16H12N4S2/c1-9-7-17-5-3-11(9)13-19-15-16(21-13)20-14(22-15)12-4-6-18-8-10(12)2/h3-8H,1-2H3. The van der Waals surface area contributed by atoms with Crippen LogP contribution in [-0.4, -0.2) is 19.9 Å². The fourth-order valence-electron chi connectivity index (χ4n) is 2.30.